The molecule has 0 bridgehead atoms. The number of amides is 2. The van der Waals surface area contributed by atoms with E-state index in [1.54, 1.807) is 13.3 Å². The highest BCUT2D eigenvalue weighted by Gasteiger charge is 2.23. The molecule has 238 valence electrons. The Balaban J connectivity index is 1.27. The molecule has 0 radical (unpaired) electrons. The number of halogens is 2. The number of benzene rings is 2. The van der Waals surface area contributed by atoms with Crippen molar-refractivity contribution in [2.75, 3.05) is 38.7 Å². The number of nitrogens with one attached hydrogen (secondary N) is 2. The molecular weight excluding hydrogens is 627 g/mol. The van der Waals surface area contributed by atoms with Gasteiger partial charge in [0, 0.05) is 85.4 Å². The van der Waals surface area contributed by atoms with Gasteiger partial charge in [-0.3, -0.25) is 9.78 Å². The first-order valence-corrected chi connectivity index (χ1v) is 15.8. The van der Waals surface area contributed by atoms with E-state index in [-0.39, 0.29) is 11.9 Å². The number of aromatic nitrogens is 2. The SMILES string of the molecule is COc1nc(-c2cccc(-c3ccnc(-c4ccc5c(c4)N(C)CCN(C(=O)O)C5)c3Cl)c2Cl)ccc1CNC[C@@H]1CCC(=O)N1. The summed E-state index contributed by atoms with van der Waals surface area (Å²) in [6.45, 7) is 2.52. The fourth-order valence-corrected chi connectivity index (χ4v) is 6.62. The minimum absolute atomic E-state index is 0.0938. The normalized spacial score (nSPS) is 16.2. The van der Waals surface area contributed by atoms with Crippen molar-refractivity contribution in [2.45, 2.75) is 32.0 Å². The molecule has 46 heavy (non-hydrogen) atoms. The van der Waals surface area contributed by atoms with E-state index in [0.29, 0.717) is 66.5 Å². The number of ether oxygens (including phenoxy) is 1. The van der Waals surface area contributed by atoms with Crippen molar-refractivity contribution in [3.8, 4) is 39.5 Å². The van der Waals surface area contributed by atoms with Gasteiger partial charge >= 0.3 is 6.09 Å². The van der Waals surface area contributed by atoms with Gasteiger partial charge in [0.2, 0.25) is 11.8 Å². The van der Waals surface area contributed by atoms with Crippen molar-refractivity contribution in [1.29, 1.82) is 0 Å². The second-order valence-corrected chi connectivity index (χ2v) is 12.2. The fraction of sp³-hybridized carbons (Fsp3) is 0.294. The van der Waals surface area contributed by atoms with Crippen LogP contribution in [0.5, 0.6) is 5.88 Å². The summed E-state index contributed by atoms with van der Waals surface area (Å²) < 4.78 is 5.63. The summed E-state index contributed by atoms with van der Waals surface area (Å²) in [7, 11) is 3.54. The maximum Gasteiger partial charge on any atom is 0.407 e. The quantitative estimate of drug-likeness (QED) is 0.208. The van der Waals surface area contributed by atoms with Crippen LogP contribution in [0.4, 0.5) is 10.5 Å². The molecule has 0 saturated carbocycles. The standard InChI is InChI=1S/C34H34Cl2N6O4/c1-41-14-15-42(34(44)45)19-22-7-6-20(16-28(22)41)32-31(36)25(12-13-38-32)24-4-3-5-26(30(24)35)27-10-8-21(33(40-27)46-2)17-37-18-23-9-11-29(43)39-23/h3-8,10,12-13,16,23,37H,9,11,14-15,17-19H2,1-2H3,(H,39,43)(H,44,45)/t23-/m0/s1. The van der Waals surface area contributed by atoms with Crippen LogP contribution in [0.25, 0.3) is 33.6 Å². The molecule has 2 aliphatic heterocycles. The fourth-order valence-electron chi connectivity index (χ4n) is 5.97. The van der Waals surface area contributed by atoms with Crippen molar-refractivity contribution in [3.63, 3.8) is 0 Å². The third-order valence-corrected chi connectivity index (χ3v) is 9.27. The van der Waals surface area contributed by atoms with Gasteiger partial charge in [-0.15, -0.1) is 0 Å². The van der Waals surface area contributed by atoms with Crippen molar-refractivity contribution >= 4 is 40.9 Å². The van der Waals surface area contributed by atoms with Crippen LogP contribution in [0.15, 0.2) is 60.8 Å². The van der Waals surface area contributed by atoms with Gasteiger partial charge in [-0.25, -0.2) is 9.78 Å². The number of hydrogen-bond acceptors (Lipinski definition) is 7. The van der Waals surface area contributed by atoms with Gasteiger partial charge in [-0.1, -0.05) is 59.6 Å². The first kappa shape index (κ1) is 31.6. The predicted octanol–water partition coefficient (Wildman–Crippen LogP) is 6.09. The van der Waals surface area contributed by atoms with Crippen molar-refractivity contribution in [3.05, 3.63) is 82.0 Å². The highest BCUT2D eigenvalue weighted by Crippen LogP contribution is 2.42. The molecule has 2 aromatic carbocycles. The van der Waals surface area contributed by atoms with Gasteiger partial charge in [-0.05, 0) is 30.2 Å². The maximum absolute atomic E-state index is 11.7. The molecule has 3 N–H and O–H groups in total. The first-order chi connectivity index (χ1) is 22.2. The van der Waals surface area contributed by atoms with E-state index in [0.717, 1.165) is 45.5 Å². The van der Waals surface area contributed by atoms with E-state index in [4.69, 9.17) is 32.9 Å². The Kier molecular flexibility index (Phi) is 9.30. The first-order valence-electron chi connectivity index (χ1n) is 15.0. The lowest BCUT2D eigenvalue weighted by atomic mass is 9.98. The summed E-state index contributed by atoms with van der Waals surface area (Å²) in [5.41, 5.74) is 7.03. The number of rotatable bonds is 8. The smallest absolute Gasteiger partial charge is 0.407 e. The molecule has 0 spiro atoms. The van der Waals surface area contributed by atoms with Gasteiger partial charge in [0.15, 0.2) is 0 Å². The Hall–Kier alpha value is -4.38. The molecule has 2 aliphatic rings. The van der Waals surface area contributed by atoms with Crippen LogP contribution in [0, 0.1) is 0 Å². The van der Waals surface area contributed by atoms with Crippen LogP contribution in [0.3, 0.4) is 0 Å². The van der Waals surface area contributed by atoms with E-state index in [1.807, 2.05) is 61.6 Å². The molecular formula is C34H34Cl2N6O4. The Morgan fingerprint density at radius 3 is 2.65 bits per heavy atom. The molecule has 2 aromatic heterocycles. The molecule has 12 heteroatoms. The largest absolute Gasteiger partial charge is 0.481 e. The second kappa shape index (κ2) is 13.5. The molecule has 4 aromatic rings. The summed E-state index contributed by atoms with van der Waals surface area (Å²) in [6.07, 6.45) is 2.17. The molecule has 1 saturated heterocycles. The topological polar surface area (TPSA) is 120 Å². The lowest BCUT2D eigenvalue weighted by Crippen LogP contribution is -2.35. The molecule has 2 amide bonds. The Morgan fingerprint density at radius 1 is 1.09 bits per heavy atom. The van der Waals surface area contributed by atoms with Crippen molar-refractivity contribution < 1.29 is 19.4 Å². The van der Waals surface area contributed by atoms with Gasteiger partial charge in [0.25, 0.3) is 0 Å². The molecule has 4 heterocycles. The number of carbonyl (C=O) groups excluding carboxylic acids is 1. The van der Waals surface area contributed by atoms with E-state index in [9.17, 15) is 14.7 Å². The highest BCUT2D eigenvalue weighted by atomic mass is 35.5. The van der Waals surface area contributed by atoms with E-state index < -0.39 is 6.09 Å². The van der Waals surface area contributed by atoms with E-state index in [2.05, 4.69) is 20.5 Å². The number of carboxylic acid groups (broad SMARTS) is 1. The Labute approximate surface area is 277 Å². The van der Waals surface area contributed by atoms with Crippen LogP contribution >= 0.6 is 23.2 Å². The molecule has 0 unspecified atom stereocenters. The zero-order valence-corrected chi connectivity index (χ0v) is 27.0. The van der Waals surface area contributed by atoms with Crippen molar-refractivity contribution in [2.24, 2.45) is 0 Å². The number of pyridine rings is 2. The number of carbonyl (C=O) groups is 2. The van der Waals surface area contributed by atoms with Gasteiger partial charge in [0.1, 0.15) is 0 Å². The number of fused-ring (bicyclic) bond motifs is 1. The molecule has 10 nitrogen and oxygen atoms in total. The van der Waals surface area contributed by atoms with Crippen LogP contribution in [-0.4, -0.2) is 71.8 Å². The minimum Gasteiger partial charge on any atom is -0.481 e. The van der Waals surface area contributed by atoms with Gasteiger partial charge in [-0.2, -0.15) is 0 Å². The molecule has 1 fully saturated rings. The summed E-state index contributed by atoms with van der Waals surface area (Å²) in [5, 5.41) is 16.9. The van der Waals surface area contributed by atoms with Crippen molar-refractivity contribution in [1.82, 2.24) is 25.5 Å². The number of anilines is 1. The second-order valence-electron chi connectivity index (χ2n) is 11.5. The van der Waals surface area contributed by atoms with Crippen LogP contribution < -0.4 is 20.3 Å². The summed E-state index contributed by atoms with van der Waals surface area (Å²) in [4.78, 5) is 36.0. The third kappa shape index (κ3) is 6.46. The maximum atomic E-state index is 11.7. The van der Waals surface area contributed by atoms with Gasteiger partial charge in [0.05, 0.1) is 35.1 Å². The summed E-state index contributed by atoms with van der Waals surface area (Å²) in [5.74, 6) is 0.585. The molecule has 1 atom stereocenters. The van der Waals surface area contributed by atoms with Crippen LogP contribution in [0.1, 0.15) is 24.0 Å². The Bertz CT molecular complexity index is 1800. The number of hydrogen-bond donors (Lipinski definition) is 3. The number of nitrogens with zero attached hydrogens (tertiary/aromatic N) is 4. The van der Waals surface area contributed by atoms with Crippen LogP contribution in [0.2, 0.25) is 10.0 Å². The van der Waals surface area contributed by atoms with Gasteiger partial charge < -0.3 is 30.3 Å². The van der Waals surface area contributed by atoms with E-state index in [1.165, 1.54) is 4.90 Å². The van der Waals surface area contributed by atoms with E-state index >= 15 is 0 Å². The predicted molar refractivity (Wildman–Crippen MR) is 179 cm³/mol. The average Bonchev–Trinajstić information content (AvgIpc) is 3.39. The average molecular weight is 662 g/mol. The lowest BCUT2D eigenvalue weighted by molar-refractivity contribution is -0.119. The molecule has 0 aliphatic carbocycles. The number of likely N-dealkylation sites (N-methyl/N-ethyl adjacent to an activating group) is 1. The number of methoxy groups -OCH3 is 1. The monoisotopic (exact) mass is 660 g/mol. The third-order valence-electron chi connectivity index (χ3n) is 8.48. The zero-order chi connectivity index (χ0) is 32.4. The summed E-state index contributed by atoms with van der Waals surface area (Å²) in [6, 6.07) is 17.5. The van der Waals surface area contributed by atoms with Crippen LogP contribution in [-0.2, 0) is 17.9 Å². The zero-order valence-electron chi connectivity index (χ0n) is 25.5. The Morgan fingerprint density at radius 2 is 1.89 bits per heavy atom. The lowest BCUT2D eigenvalue weighted by Gasteiger charge is -2.20. The highest BCUT2D eigenvalue weighted by molar-refractivity contribution is 6.39. The minimum atomic E-state index is -0.935. The summed E-state index contributed by atoms with van der Waals surface area (Å²) >= 11 is 14.1. The molecule has 6 rings (SSSR count).